The van der Waals surface area contributed by atoms with Crippen molar-refractivity contribution < 1.29 is 50.0 Å². The molecule has 1 heterocycles. The summed E-state index contributed by atoms with van der Waals surface area (Å²) >= 11 is 0.807. The van der Waals surface area contributed by atoms with Crippen molar-refractivity contribution in [2.24, 2.45) is 5.73 Å². The second-order valence-electron chi connectivity index (χ2n) is 8.10. The van der Waals surface area contributed by atoms with Crippen LogP contribution >= 0.6 is 19.2 Å². The zero-order chi connectivity index (χ0) is 27.6. The van der Waals surface area contributed by atoms with Crippen molar-refractivity contribution in [3.63, 3.8) is 0 Å². The number of nitrogens with zero attached hydrogens (tertiary/aromatic N) is 2. The van der Waals surface area contributed by atoms with Gasteiger partial charge in [0.1, 0.15) is 15.8 Å². The van der Waals surface area contributed by atoms with Gasteiger partial charge in [-0.05, 0) is 36.8 Å². The first-order valence-corrected chi connectivity index (χ1v) is 12.6. The van der Waals surface area contributed by atoms with Gasteiger partial charge in [0.15, 0.2) is 0 Å². The van der Waals surface area contributed by atoms with Crippen molar-refractivity contribution in [1.29, 1.82) is 0 Å². The van der Waals surface area contributed by atoms with E-state index in [-0.39, 0.29) is 34.2 Å². The SMILES string of the molecule is C[C@](N)(COP(=O)(O)O)c1nnc(-c2ccc(OCCc3cccc(C(F)(F)F)c3)c(C(F)(F)F)c2)s1. The molecule has 37 heavy (non-hydrogen) atoms. The molecular weight excluding hydrogens is 551 g/mol. The maximum absolute atomic E-state index is 13.7. The standard InChI is InChI=1S/C21H20F6N3O5PS/c1-19(28,11-35-36(31,32)33)18-30-29-17(37-18)13-5-6-16(15(10-13)21(25,26)27)34-8-7-12-3-2-4-14(9-12)20(22,23)24/h2-6,9-10H,7-8,11,28H2,1H3,(H2,31,32,33)/t19-/m0/s1. The quantitative estimate of drug-likeness (QED) is 0.238. The minimum atomic E-state index is -4.82. The van der Waals surface area contributed by atoms with E-state index in [1.54, 1.807) is 0 Å². The highest BCUT2D eigenvalue weighted by atomic mass is 32.1. The Morgan fingerprint density at radius 3 is 2.35 bits per heavy atom. The number of phosphoric ester groups is 1. The number of nitrogens with two attached hydrogens (primary N) is 1. The number of halogens is 6. The van der Waals surface area contributed by atoms with Gasteiger partial charge in [0.25, 0.3) is 0 Å². The Morgan fingerprint density at radius 2 is 1.73 bits per heavy atom. The zero-order valence-electron chi connectivity index (χ0n) is 18.9. The monoisotopic (exact) mass is 571 g/mol. The van der Waals surface area contributed by atoms with Gasteiger partial charge in [-0.3, -0.25) is 4.52 Å². The summed E-state index contributed by atoms with van der Waals surface area (Å²) in [4.78, 5) is 17.7. The fourth-order valence-corrected chi connectivity index (χ4v) is 4.36. The summed E-state index contributed by atoms with van der Waals surface area (Å²) in [7, 11) is -4.82. The predicted molar refractivity (Wildman–Crippen MR) is 121 cm³/mol. The van der Waals surface area contributed by atoms with Crippen LogP contribution in [0.5, 0.6) is 5.75 Å². The van der Waals surface area contributed by atoms with E-state index >= 15 is 0 Å². The van der Waals surface area contributed by atoms with Crippen LogP contribution in [0, 0.1) is 0 Å². The Morgan fingerprint density at radius 1 is 1.03 bits per heavy atom. The van der Waals surface area contributed by atoms with Crippen LogP contribution < -0.4 is 10.5 Å². The van der Waals surface area contributed by atoms with Gasteiger partial charge >= 0.3 is 20.2 Å². The first-order chi connectivity index (χ1) is 17.0. The topological polar surface area (TPSA) is 128 Å². The molecule has 0 amide bonds. The molecule has 0 aliphatic rings. The fourth-order valence-electron chi connectivity index (χ4n) is 3.04. The highest BCUT2D eigenvalue weighted by molar-refractivity contribution is 7.46. The molecule has 1 atom stereocenters. The summed E-state index contributed by atoms with van der Waals surface area (Å²) in [6.07, 6.45) is -9.43. The Kier molecular flexibility index (Phi) is 8.37. The highest BCUT2D eigenvalue weighted by Gasteiger charge is 2.36. The van der Waals surface area contributed by atoms with Crippen LogP contribution in [-0.4, -0.2) is 33.2 Å². The highest BCUT2D eigenvalue weighted by Crippen LogP contribution is 2.41. The average Bonchev–Trinajstić information content (AvgIpc) is 3.28. The van der Waals surface area contributed by atoms with Crippen molar-refractivity contribution in [1.82, 2.24) is 10.2 Å². The number of benzene rings is 2. The lowest BCUT2D eigenvalue weighted by Crippen LogP contribution is -2.37. The van der Waals surface area contributed by atoms with Gasteiger partial charge in [0.05, 0.1) is 29.9 Å². The number of phosphoric acid groups is 1. The number of alkyl halides is 6. The van der Waals surface area contributed by atoms with Gasteiger partial charge in [-0.15, -0.1) is 10.2 Å². The molecule has 3 aromatic rings. The van der Waals surface area contributed by atoms with Crippen molar-refractivity contribution >= 4 is 19.2 Å². The molecule has 1 aromatic heterocycles. The number of hydrogen-bond donors (Lipinski definition) is 3. The third-order valence-electron chi connectivity index (χ3n) is 4.88. The van der Waals surface area contributed by atoms with E-state index in [0.717, 1.165) is 35.6 Å². The molecular formula is C21H20F6N3O5PS. The molecule has 2 aromatic carbocycles. The molecule has 202 valence electrons. The van der Waals surface area contributed by atoms with E-state index in [1.807, 2.05) is 0 Å². The van der Waals surface area contributed by atoms with Crippen LogP contribution in [0.4, 0.5) is 26.3 Å². The Bertz CT molecular complexity index is 1290. The molecule has 0 spiro atoms. The second kappa shape index (κ2) is 10.7. The third kappa shape index (κ3) is 7.97. The summed E-state index contributed by atoms with van der Waals surface area (Å²) in [5.74, 6) is -0.522. The van der Waals surface area contributed by atoms with Crippen LogP contribution in [0.3, 0.4) is 0 Å². The number of aromatic nitrogens is 2. The van der Waals surface area contributed by atoms with Gasteiger partial charge in [-0.25, -0.2) is 4.57 Å². The van der Waals surface area contributed by atoms with E-state index in [0.29, 0.717) is 0 Å². The minimum Gasteiger partial charge on any atom is -0.493 e. The molecule has 8 nitrogen and oxygen atoms in total. The van der Waals surface area contributed by atoms with E-state index < -0.39 is 49.2 Å². The lowest BCUT2D eigenvalue weighted by atomic mass is 10.1. The van der Waals surface area contributed by atoms with E-state index in [1.165, 1.54) is 25.1 Å². The molecule has 0 fully saturated rings. The second-order valence-corrected chi connectivity index (χ2v) is 10.3. The van der Waals surface area contributed by atoms with Crippen molar-refractivity contribution in [3.8, 4) is 16.3 Å². The maximum Gasteiger partial charge on any atom is 0.469 e. The summed E-state index contributed by atoms with van der Waals surface area (Å²) in [5.41, 5.74) is 2.74. The van der Waals surface area contributed by atoms with E-state index in [4.69, 9.17) is 20.3 Å². The van der Waals surface area contributed by atoms with Crippen molar-refractivity contribution in [3.05, 3.63) is 64.2 Å². The van der Waals surface area contributed by atoms with Gasteiger partial charge < -0.3 is 20.3 Å². The first-order valence-electron chi connectivity index (χ1n) is 10.3. The van der Waals surface area contributed by atoms with E-state index in [2.05, 4.69) is 14.7 Å². The smallest absolute Gasteiger partial charge is 0.469 e. The molecule has 0 radical (unpaired) electrons. The molecule has 16 heteroatoms. The van der Waals surface area contributed by atoms with Gasteiger partial charge in [0.2, 0.25) is 0 Å². The molecule has 0 aliphatic heterocycles. The van der Waals surface area contributed by atoms with Crippen LogP contribution in [-0.2, 0) is 33.4 Å². The van der Waals surface area contributed by atoms with Gasteiger partial charge in [-0.1, -0.05) is 29.5 Å². The molecule has 4 N–H and O–H groups in total. The first kappa shape index (κ1) is 29.0. The van der Waals surface area contributed by atoms with Gasteiger partial charge in [0, 0.05) is 12.0 Å². The Balaban J connectivity index is 1.78. The number of hydrogen-bond acceptors (Lipinski definition) is 7. The Hall–Kier alpha value is -2.55. The lowest BCUT2D eigenvalue weighted by Gasteiger charge is -2.21. The summed E-state index contributed by atoms with van der Waals surface area (Å²) in [5, 5.41) is 7.73. The summed E-state index contributed by atoms with van der Waals surface area (Å²) in [6, 6.07) is 7.54. The van der Waals surface area contributed by atoms with Crippen LogP contribution in [0.15, 0.2) is 42.5 Å². The average molecular weight is 571 g/mol. The van der Waals surface area contributed by atoms with Crippen LogP contribution in [0.25, 0.3) is 10.6 Å². The zero-order valence-corrected chi connectivity index (χ0v) is 20.6. The number of ether oxygens (including phenoxy) is 1. The minimum absolute atomic E-state index is 0.0213. The van der Waals surface area contributed by atoms with E-state index in [9.17, 15) is 30.9 Å². The Labute approximate surface area is 210 Å². The molecule has 0 bridgehead atoms. The van der Waals surface area contributed by atoms with Crippen molar-refractivity contribution in [2.75, 3.05) is 13.2 Å². The van der Waals surface area contributed by atoms with Crippen LogP contribution in [0.1, 0.15) is 28.6 Å². The maximum atomic E-state index is 13.7. The largest absolute Gasteiger partial charge is 0.493 e. The normalized spacial score (nSPS) is 14.4. The lowest BCUT2D eigenvalue weighted by molar-refractivity contribution is -0.139. The number of rotatable bonds is 9. The fraction of sp³-hybridized carbons (Fsp3) is 0.333. The van der Waals surface area contributed by atoms with Crippen molar-refractivity contribution in [2.45, 2.75) is 31.2 Å². The summed E-state index contributed by atoms with van der Waals surface area (Å²) in [6.45, 7) is 0.422. The summed E-state index contributed by atoms with van der Waals surface area (Å²) < 4.78 is 100. The molecule has 3 rings (SSSR count). The predicted octanol–water partition coefficient (Wildman–Crippen LogP) is 5.15. The van der Waals surface area contributed by atoms with Crippen LogP contribution in [0.2, 0.25) is 0 Å². The van der Waals surface area contributed by atoms with Gasteiger partial charge in [-0.2, -0.15) is 26.3 Å². The molecule has 0 saturated heterocycles. The molecule has 0 aliphatic carbocycles. The molecule has 0 unspecified atom stereocenters. The molecule has 0 saturated carbocycles. The third-order valence-corrected chi connectivity index (χ3v) is 6.60.